The van der Waals surface area contributed by atoms with E-state index in [0.29, 0.717) is 6.42 Å². The van der Waals surface area contributed by atoms with Crippen molar-refractivity contribution in [1.29, 1.82) is 0 Å². The molecule has 2 nitrogen and oxygen atoms in total. The third kappa shape index (κ3) is 2.14. The summed E-state index contributed by atoms with van der Waals surface area (Å²) in [7, 11) is 1.91. The molecule has 3 rings (SSSR count). The lowest BCUT2D eigenvalue weighted by molar-refractivity contribution is -0.127. The molecular weight excluding hydrogens is 234 g/mol. The Balaban J connectivity index is 2.01. The van der Waals surface area contributed by atoms with Gasteiger partial charge in [-0.05, 0) is 11.1 Å². The highest BCUT2D eigenvalue weighted by Gasteiger charge is 2.38. The van der Waals surface area contributed by atoms with Gasteiger partial charge in [0.05, 0.1) is 6.04 Å². The molecule has 0 aliphatic carbocycles. The normalized spacial score (nSPS) is 22.8. The summed E-state index contributed by atoms with van der Waals surface area (Å²) in [5, 5.41) is 0. The maximum absolute atomic E-state index is 12.1. The number of nitrogens with zero attached hydrogens (tertiary/aromatic N) is 1. The van der Waals surface area contributed by atoms with Crippen LogP contribution in [0.15, 0.2) is 60.7 Å². The van der Waals surface area contributed by atoms with E-state index in [9.17, 15) is 4.79 Å². The van der Waals surface area contributed by atoms with E-state index in [1.165, 1.54) is 11.1 Å². The van der Waals surface area contributed by atoms with Crippen LogP contribution in [0.5, 0.6) is 0 Å². The minimum atomic E-state index is 0.149. The molecule has 2 heteroatoms. The molecule has 1 heterocycles. The van der Waals surface area contributed by atoms with Gasteiger partial charge < -0.3 is 4.90 Å². The summed E-state index contributed by atoms with van der Waals surface area (Å²) in [6, 6.07) is 20.8. The first-order chi connectivity index (χ1) is 9.27. The topological polar surface area (TPSA) is 20.3 Å². The van der Waals surface area contributed by atoms with E-state index in [1.54, 1.807) is 0 Å². The highest BCUT2D eigenvalue weighted by Crippen LogP contribution is 2.43. The molecule has 0 bridgehead atoms. The zero-order chi connectivity index (χ0) is 13.2. The van der Waals surface area contributed by atoms with Crippen LogP contribution in [0.3, 0.4) is 0 Å². The predicted octanol–water partition coefficient (Wildman–Crippen LogP) is 3.37. The maximum atomic E-state index is 12.1. The third-order valence-electron chi connectivity index (χ3n) is 3.96. The lowest BCUT2D eigenvalue weighted by Crippen LogP contribution is -2.23. The van der Waals surface area contributed by atoms with E-state index in [2.05, 4.69) is 24.3 Å². The van der Waals surface area contributed by atoms with Gasteiger partial charge >= 0.3 is 0 Å². The Morgan fingerprint density at radius 3 is 2.00 bits per heavy atom. The van der Waals surface area contributed by atoms with E-state index in [0.717, 1.165) is 0 Å². The van der Waals surface area contributed by atoms with Gasteiger partial charge in [0, 0.05) is 19.4 Å². The molecular formula is C17H17NO. The van der Waals surface area contributed by atoms with Crippen molar-refractivity contribution < 1.29 is 4.79 Å². The van der Waals surface area contributed by atoms with Crippen LogP contribution in [-0.4, -0.2) is 17.9 Å². The minimum absolute atomic E-state index is 0.149. The van der Waals surface area contributed by atoms with Crippen molar-refractivity contribution in [3.05, 3.63) is 71.8 Å². The number of hydrogen-bond acceptors (Lipinski definition) is 1. The number of likely N-dealkylation sites (N-methyl/N-ethyl adjacent to an activating group) is 1. The van der Waals surface area contributed by atoms with Crippen molar-refractivity contribution in [2.24, 2.45) is 0 Å². The van der Waals surface area contributed by atoms with Gasteiger partial charge in [0.25, 0.3) is 0 Å². The smallest absolute Gasteiger partial charge is 0.223 e. The van der Waals surface area contributed by atoms with Gasteiger partial charge in [-0.25, -0.2) is 0 Å². The maximum Gasteiger partial charge on any atom is 0.223 e. The zero-order valence-corrected chi connectivity index (χ0v) is 11.0. The van der Waals surface area contributed by atoms with Crippen molar-refractivity contribution in [2.45, 2.75) is 18.4 Å². The van der Waals surface area contributed by atoms with E-state index >= 15 is 0 Å². The van der Waals surface area contributed by atoms with Crippen LogP contribution in [0.4, 0.5) is 0 Å². The van der Waals surface area contributed by atoms with Crippen molar-refractivity contribution in [2.75, 3.05) is 7.05 Å². The largest absolute Gasteiger partial charge is 0.338 e. The van der Waals surface area contributed by atoms with Gasteiger partial charge in [0.15, 0.2) is 0 Å². The molecule has 96 valence electrons. The molecule has 0 aromatic heterocycles. The molecule has 0 N–H and O–H groups in total. The molecule has 0 spiro atoms. The molecule has 1 aliphatic rings. The number of rotatable bonds is 2. The van der Waals surface area contributed by atoms with Crippen LogP contribution in [0.1, 0.15) is 29.5 Å². The van der Waals surface area contributed by atoms with Crippen molar-refractivity contribution in [1.82, 2.24) is 4.90 Å². The molecule has 2 atom stereocenters. The van der Waals surface area contributed by atoms with Crippen molar-refractivity contribution in [3.8, 4) is 0 Å². The summed E-state index contributed by atoms with van der Waals surface area (Å²) in [5.41, 5.74) is 2.46. The van der Waals surface area contributed by atoms with Gasteiger partial charge in [-0.2, -0.15) is 0 Å². The fraction of sp³-hybridized carbons (Fsp3) is 0.235. The van der Waals surface area contributed by atoms with Gasteiger partial charge in [0.2, 0.25) is 5.91 Å². The Labute approximate surface area is 113 Å². The standard InChI is InChI=1S/C17H17NO/c1-18-16(19)12-15(13-8-4-2-5-9-13)17(18)14-10-6-3-7-11-14/h2-11,15,17H,12H2,1H3/t15-,17-/m1/s1. The van der Waals surface area contributed by atoms with Crippen molar-refractivity contribution in [3.63, 3.8) is 0 Å². The predicted molar refractivity (Wildman–Crippen MR) is 75.8 cm³/mol. The van der Waals surface area contributed by atoms with Gasteiger partial charge in [-0.1, -0.05) is 60.7 Å². The summed E-state index contributed by atoms with van der Waals surface area (Å²) in [4.78, 5) is 13.9. The Morgan fingerprint density at radius 1 is 0.895 bits per heavy atom. The van der Waals surface area contributed by atoms with E-state index in [1.807, 2.05) is 48.3 Å². The van der Waals surface area contributed by atoms with E-state index in [-0.39, 0.29) is 17.9 Å². The Kier molecular flexibility index (Phi) is 3.08. The average molecular weight is 251 g/mol. The fourth-order valence-corrected chi connectivity index (χ4v) is 2.98. The first-order valence-electron chi connectivity index (χ1n) is 6.63. The SMILES string of the molecule is CN1C(=O)C[C@H](c2ccccc2)[C@H]1c1ccccc1. The number of likely N-dealkylation sites (tertiary alicyclic amines) is 1. The molecule has 0 saturated carbocycles. The second-order valence-corrected chi connectivity index (χ2v) is 5.08. The second-order valence-electron chi connectivity index (χ2n) is 5.08. The molecule has 0 radical (unpaired) electrons. The number of carbonyl (C=O) groups excluding carboxylic acids is 1. The zero-order valence-electron chi connectivity index (χ0n) is 11.0. The molecule has 1 aliphatic heterocycles. The van der Waals surface area contributed by atoms with Crippen LogP contribution in [-0.2, 0) is 4.79 Å². The van der Waals surface area contributed by atoms with Crippen LogP contribution in [0, 0.1) is 0 Å². The fourth-order valence-electron chi connectivity index (χ4n) is 2.98. The second kappa shape index (κ2) is 4.88. The van der Waals surface area contributed by atoms with Crippen LogP contribution >= 0.6 is 0 Å². The highest BCUT2D eigenvalue weighted by atomic mass is 16.2. The third-order valence-corrected chi connectivity index (χ3v) is 3.96. The molecule has 1 amide bonds. The Morgan fingerprint density at radius 2 is 1.42 bits per heavy atom. The minimum Gasteiger partial charge on any atom is -0.338 e. The summed E-state index contributed by atoms with van der Waals surface area (Å²) in [6.45, 7) is 0. The number of hydrogen-bond donors (Lipinski definition) is 0. The molecule has 2 aromatic carbocycles. The molecule has 19 heavy (non-hydrogen) atoms. The van der Waals surface area contributed by atoms with Crippen molar-refractivity contribution >= 4 is 5.91 Å². The van der Waals surface area contributed by atoms with Crippen LogP contribution in [0.2, 0.25) is 0 Å². The van der Waals surface area contributed by atoms with E-state index in [4.69, 9.17) is 0 Å². The lowest BCUT2D eigenvalue weighted by Gasteiger charge is -2.25. The Hall–Kier alpha value is -2.09. The summed E-state index contributed by atoms with van der Waals surface area (Å²) in [6.07, 6.45) is 0.597. The lowest BCUT2D eigenvalue weighted by atomic mass is 9.87. The van der Waals surface area contributed by atoms with Gasteiger partial charge in [0.1, 0.15) is 0 Å². The first-order valence-corrected chi connectivity index (χ1v) is 6.63. The van der Waals surface area contributed by atoms with Crippen LogP contribution < -0.4 is 0 Å². The Bertz CT molecular complexity index is 564. The summed E-state index contributed by atoms with van der Waals surface area (Å²) < 4.78 is 0. The van der Waals surface area contributed by atoms with E-state index < -0.39 is 0 Å². The molecule has 1 fully saturated rings. The molecule has 1 saturated heterocycles. The molecule has 0 unspecified atom stereocenters. The summed E-state index contributed by atoms with van der Waals surface area (Å²) >= 11 is 0. The van der Waals surface area contributed by atoms with Gasteiger partial charge in [-0.15, -0.1) is 0 Å². The monoisotopic (exact) mass is 251 g/mol. The van der Waals surface area contributed by atoms with Crippen LogP contribution in [0.25, 0.3) is 0 Å². The quantitative estimate of drug-likeness (QED) is 0.801. The number of benzene rings is 2. The summed E-state index contributed by atoms with van der Waals surface area (Å²) in [5.74, 6) is 0.476. The average Bonchev–Trinajstić information content (AvgIpc) is 2.77. The molecule has 2 aromatic rings. The first kappa shape index (κ1) is 12.0. The number of amides is 1. The number of carbonyl (C=O) groups is 1. The van der Waals surface area contributed by atoms with Gasteiger partial charge in [-0.3, -0.25) is 4.79 Å². The highest BCUT2D eigenvalue weighted by molar-refractivity contribution is 5.80.